The summed E-state index contributed by atoms with van der Waals surface area (Å²) >= 11 is 2.15. The third kappa shape index (κ3) is 4.87. The summed E-state index contributed by atoms with van der Waals surface area (Å²) in [4.78, 5) is 12.6. The van der Waals surface area contributed by atoms with E-state index in [0.717, 1.165) is 20.0 Å². The number of hydrogen-bond donors (Lipinski definition) is 1. The maximum Gasteiger partial charge on any atom is 0.264 e. The molecule has 8 heteroatoms. The second kappa shape index (κ2) is 8.70. The first-order valence-corrected chi connectivity index (χ1v) is 10.8. The Balaban J connectivity index is 1.91. The van der Waals surface area contributed by atoms with Crippen molar-refractivity contribution in [1.29, 1.82) is 0 Å². The van der Waals surface area contributed by atoms with Crippen LogP contribution in [-0.4, -0.2) is 20.9 Å². The molecule has 3 aromatic carbocycles. The summed E-state index contributed by atoms with van der Waals surface area (Å²) in [5, 5.41) is 2.68. The van der Waals surface area contributed by atoms with Crippen molar-refractivity contribution in [2.24, 2.45) is 0 Å². The summed E-state index contributed by atoms with van der Waals surface area (Å²) in [5.74, 6) is -1.01. The molecule has 3 rings (SSSR count). The molecule has 3 aromatic rings. The van der Waals surface area contributed by atoms with Gasteiger partial charge in [-0.3, -0.25) is 9.10 Å². The van der Waals surface area contributed by atoms with E-state index in [0.29, 0.717) is 5.69 Å². The van der Waals surface area contributed by atoms with Crippen molar-refractivity contribution in [3.05, 3.63) is 88.3 Å². The van der Waals surface area contributed by atoms with Gasteiger partial charge in [0.2, 0.25) is 5.91 Å². The Hall–Kier alpha value is -2.46. The van der Waals surface area contributed by atoms with E-state index in [-0.39, 0.29) is 10.6 Å². The third-order valence-corrected chi connectivity index (χ3v) is 6.37. The Morgan fingerprint density at radius 2 is 1.54 bits per heavy atom. The van der Waals surface area contributed by atoms with Crippen LogP contribution in [0.15, 0.2) is 83.8 Å². The number of rotatable bonds is 6. The summed E-state index contributed by atoms with van der Waals surface area (Å²) in [6.45, 7) is -0.450. The van der Waals surface area contributed by atoms with Gasteiger partial charge in [-0.1, -0.05) is 18.2 Å². The van der Waals surface area contributed by atoms with Gasteiger partial charge in [0.05, 0.1) is 10.6 Å². The van der Waals surface area contributed by atoms with Crippen LogP contribution < -0.4 is 9.62 Å². The van der Waals surface area contributed by atoms with Gasteiger partial charge in [-0.15, -0.1) is 0 Å². The predicted molar refractivity (Wildman–Crippen MR) is 115 cm³/mol. The van der Waals surface area contributed by atoms with Gasteiger partial charge in [-0.25, -0.2) is 12.8 Å². The largest absolute Gasteiger partial charge is 0.325 e. The van der Waals surface area contributed by atoms with Crippen molar-refractivity contribution >= 4 is 49.9 Å². The highest BCUT2D eigenvalue weighted by molar-refractivity contribution is 14.1. The van der Waals surface area contributed by atoms with Crippen molar-refractivity contribution in [3.63, 3.8) is 0 Å². The molecule has 0 bridgehead atoms. The Labute approximate surface area is 176 Å². The minimum atomic E-state index is -4.01. The molecule has 0 aliphatic carbocycles. The molecular weight excluding hydrogens is 494 g/mol. The number of sulfonamides is 1. The minimum absolute atomic E-state index is 0.0430. The standard InChI is InChI=1S/C20H16FIN2O3S/c21-15-6-12-18(13-7-15)24(28(26,27)19-4-2-1-3-5-19)14-20(25)23-17-10-8-16(22)9-11-17/h1-13H,14H2,(H,23,25). The van der Waals surface area contributed by atoms with Crippen LogP contribution in [-0.2, 0) is 14.8 Å². The average molecular weight is 510 g/mol. The van der Waals surface area contributed by atoms with Gasteiger partial charge < -0.3 is 5.32 Å². The molecule has 0 saturated carbocycles. The summed E-state index contributed by atoms with van der Waals surface area (Å²) < 4.78 is 41.5. The van der Waals surface area contributed by atoms with Crippen LogP contribution in [0.1, 0.15) is 0 Å². The van der Waals surface area contributed by atoms with E-state index >= 15 is 0 Å². The topological polar surface area (TPSA) is 66.5 Å². The molecule has 0 unspecified atom stereocenters. The molecule has 28 heavy (non-hydrogen) atoms. The molecule has 0 fully saturated rings. The van der Waals surface area contributed by atoms with Crippen molar-refractivity contribution in [2.45, 2.75) is 4.90 Å². The number of benzene rings is 3. The fraction of sp³-hybridized carbons (Fsp3) is 0.0500. The number of nitrogens with one attached hydrogen (secondary N) is 1. The fourth-order valence-corrected chi connectivity index (χ4v) is 4.31. The first-order chi connectivity index (χ1) is 13.4. The van der Waals surface area contributed by atoms with E-state index in [4.69, 9.17) is 0 Å². The van der Waals surface area contributed by atoms with E-state index in [1.807, 2.05) is 12.1 Å². The monoisotopic (exact) mass is 510 g/mol. The zero-order valence-corrected chi connectivity index (χ0v) is 17.5. The molecule has 0 atom stereocenters. The van der Waals surface area contributed by atoms with Crippen LogP contribution in [0.2, 0.25) is 0 Å². The highest BCUT2D eigenvalue weighted by atomic mass is 127. The molecule has 1 N–H and O–H groups in total. The summed E-state index contributed by atoms with van der Waals surface area (Å²) in [5.41, 5.74) is 0.754. The molecule has 0 spiro atoms. The van der Waals surface area contributed by atoms with Crippen LogP contribution >= 0.6 is 22.6 Å². The van der Waals surface area contributed by atoms with Crippen LogP contribution in [0.5, 0.6) is 0 Å². The van der Waals surface area contributed by atoms with E-state index in [1.54, 1.807) is 30.3 Å². The zero-order chi connectivity index (χ0) is 20.1. The molecule has 1 amide bonds. The maximum atomic E-state index is 13.3. The second-order valence-corrected chi connectivity index (χ2v) is 8.96. The van der Waals surface area contributed by atoms with Crippen molar-refractivity contribution in [2.75, 3.05) is 16.2 Å². The van der Waals surface area contributed by atoms with Gasteiger partial charge in [-0.05, 0) is 83.3 Å². The van der Waals surface area contributed by atoms with Crippen LogP contribution in [0.25, 0.3) is 0 Å². The molecule has 144 valence electrons. The Morgan fingerprint density at radius 3 is 2.14 bits per heavy atom. The summed E-state index contributed by atoms with van der Waals surface area (Å²) in [6.07, 6.45) is 0. The van der Waals surface area contributed by atoms with E-state index in [1.165, 1.54) is 24.3 Å². The van der Waals surface area contributed by atoms with Crippen molar-refractivity contribution < 1.29 is 17.6 Å². The van der Waals surface area contributed by atoms with Gasteiger partial charge in [0.1, 0.15) is 12.4 Å². The van der Waals surface area contributed by atoms with Crippen molar-refractivity contribution in [3.8, 4) is 0 Å². The number of halogens is 2. The smallest absolute Gasteiger partial charge is 0.264 e. The quantitative estimate of drug-likeness (QED) is 0.504. The number of hydrogen-bond acceptors (Lipinski definition) is 3. The van der Waals surface area contributed by atoms with Gasteiger partial charge in [0.25, 0.3) is 10.0 Å². The van der Waals surface area contributed by atoms with Gasteiger partial charge >= 0.3 is 0 Å². The second-order valence-electron chi connectivity index (χ2n) is 5.86. The average Bonchev–Trinajstić information content (AvgIpc) is 2.69. The number of anilines is 2. The lowest BCUT2D eigenvalue weighted by atomic mass is 10.3. The SMILES string of the molecule is O=C(CN(c1ccc(F)cc1)S(=O)(=O)c1ccccc1)Nc1ccc(I)cc1. The number of carbonyl (C=O) groups is 1. The first-order valence-electron chi connectivity index (χ1n) is 8.25. The lowest BCUT2D eigenvalue weighted by molar-refractivity contribution is -0.114. The Bertz CT molecular complexity index is 1060. The molecule has 0 aliphatic heterocycles. The zero-order valence-electron chi connectivity index (χ0n) is 14.5. The molecule has 5 nitrogen and oxygen atoms in total. The highest BCUT2D eigenvalue weighted by Gasteiger charge is 2.27. The summed E-state index contributed by atoms with van der Waals surface area (Å²) in [6, 6.07) is 19.9. The summed E-state index contributed by atoms with van der Waals surface area (Å²) in [7, 11) is -4.01. The van der Waals surface area contributed by atoms with Crippen LogP contribution in [0, 0.1) is 9.39 Å². The van der Waals surface area contributed by atoms with E-state index in [2.05, 4.69) is 27.9 Å². The van der Waals surface area contributed by atoms with Gasteiger partial charge in [0.15, 0.2) is 0 Å². The number of nitrogens with zero attached hydrogens (tertiary/aromatic N) is 1. The van der Waals surface area contributed by atoms with Crippen molar-refractivity contribution in [1.82, 2.24) is 0 Å². The lowest BCUT2D eigenvalue weighted by Crippen LogP contribution is -2.38. The molecule has 0 heterocycles. The molecule has 0 radical (unpaired) electrons. The Kier molecular flexibility index (Phi) is 6.30. The third-order valence-electron chi connectivity index (χ3n) is 3.86. The van der Waals surface area contributed by atoms with Gasteiger partial charge in [0, 0.05) is 9.26 Å². The minimum Gasteiger partial charge on any atom is -0.325 e. The van der Waals surface area contributed by atoms with Crippen LogP contribution in [0.3, 0.4) is 0 Å². The molecule has 0 aliphatic rings. The number of carbonyl (C=O) groups excluding carboxylic acids is 1. The van der Waals surface area contributed by atoms with Gasteiger partial charge in [-0.2, -0.15) is 0 Å². The molecular formula is C20H16FIN2O3S. The molecule has 0 aromatic heterocycles. The van der Waals surface area contributed by atoms with Crippen LogP contribution in [0.4, 0.5) is 15.8 Å². The number of amides is 1. The predicted octanol–water partition coefficient (Wildman–Crippen LogP) is 4.26. The normalized spacial score (nSPS) is 11.1. The van der Waals surface area contributed by atoms with E-state index in [9.17, 15) is 17.6 Å². The highest BCUT2D eigenvalue weighted by Crippen LogP contribution is 2.24. The maximum absolute atomic E-state index is 13.3. The first kappa shape index (κ1) is 20.3. The van der Waals surface area contributed by atoms with E-state index < -0.39 is 28.3 Å². The fourth-order valence-electron chi connectivity index (χ4n) is 2.51. The molecule has 0 saturated heterocycles. The Morgan fingerprint density at radius 1 is 0.929 bits per heavy atom. The lowest BCUT2D eigenvalue weighted by Gasteiger charge is -2.24.